The summed E-state index contributed by atoms with van der Waals surface area (Å²) in [5.74, 6) is 0.958. The Kier molecular flexibility index (Phi) is 6.05. The Hall–Kier alpha value is -1.55. The summed E-state index contributed by atoms with van der Waals surface area (Å²) in [6, 6.07) is 7.58. The number of amides is 2. The Morgan fingerprint density at radius 1 is 1.14 bits per heavy atom. The van der Waals surface area contributed by atoms with Crippen molar-refractivity contribution in [2.45, 2.75) is 38.6 Å². The molecular formula is C16H21ClN2O2. The number of alkyl halides is 1. The Morgan fingerprint density at radius 2 is 1.86 bits per heavy atom. The summed E-state index contributed by atoms with van der Waals surface area (Å²) >= 11 is 5.57. The van der Waals surface area contributed by atoms with Crippen LogP contribution in [0.25, 0.3) is 0 Å². The van der Waals surface area contributed by atoms with E-state index in [0.29, 0.717) is 18.8 Å². The molecule has 0 atom stereocenters. The topological polar surface area (TPSA) is 58.2 Å². The lowest BCUT2D eigenvalue weighted by Gasteiger charge is -2.07. The third-order valence-corrected chi connectivity index (χ3v) is 3.71. The number of rotatable bonds is 8. The van der Waals surface area contributed by atoms with Crippen LogP contribution in [0.2, 0.25) is 0 Å². The largest absolute Gasteiger partial charge is 0.352 e. The van der Waals surface area contributed by atoms with Gasteiger partial charge in [-0.15, -0.1) is 11.6 Å². The van der Waals surface area contributed by atoms with Crippen LogP contribution in [-0.2, 0) is 16.1 Å². The third-order valence-electron chi connectivity index (χ3n) is 3.45. The first-order valence-electron chi connectivity index (χ1n) is 7.41. The fourth-order valence-corrected chi connectivity index (χ4v) is 2.15. The molecule has 1 saturated carbocycles. The highest BCUT2D eigenvalue weighted by Gasteiger charge is 2.29. The van der Waals surface area contributed by atoms with Crippen LogP contribution in [-0.4, -0.2) is 17.7 Å². The van der Waals surface area contributed by atoms with Crippen LogP contribution in [0.5, 0.6) is 0 Å². The summed E-state index contributed by atoms with van der Waals surface area (Å²) in [5.41, 5.74) is 1.83. The molecule has 0 heterocycles. The van der Waals surface area contributed by atoms with Crippen molar-refractivity contribution in [1.82, 2.24) is 5.32 Å². The van der Waals surface area contributed by atoms with E-state index >= 15 is 0 Å². The van der Waals surface area contributed by atoms with Gasteiger partial charge in [-0.25, -0.2) is 0 Å². The van der Waals surface area contributed by atoms with Gasteiger partial charge in [0.25, 0.3) is 0 Å². The molecule has 0 aliphatic heterocycles. The molecule has 5 heteroatoms. The minimum Gasteiger partial charge on any atom is -0.352 e. The molecule has 1 fully saturated rings. The molecule has 114 valence electrons. The van der Waals surface area contributed by atoms with Crippen molar-refractivity contribution in [1.29, 1.82) is 0 Å². The molecule has 1 aromatic rings. The number of hydrogen-bond donors (Lipinski definition) is 2. The van der Waals surface area contributed by atoms with Crippen molar-refractivity contribution in [3.63, 3.8) is 0 Å². The van der Waals surface area contributed by atoms with Gasteiger partial charge in [0.1, 0.15) is 0 Å². The lowest BCUT2D eigenvalue weighted by molar-refractivity contribution is -0.121. The lowest BCUT2D eigenvalue weighted by Crippen LogP contribution is -2.22. The van der Waals surface area contributed by atoms with Crippen molar-refractivity contribution in [2.24, 2.45) is 5.92 Å². The van der Waals surface area contributed by atoms with Crippen LogP contribution in [0.3, 0.4) is 0 Å². The van der Waals surface area contributed by atoms with Crippen LogP contribution in [0.15, 0.2) is 24.3 Å². The molecule has 2 amide bonds. The first-order chi connectivity index (χ1) is 10.2. The number of hydrogen-bond acceptors (Lipinski definition) is 2. The predicted octanol–water partition coefficient (Wildman–Crippen LogP) is 3.06. The number of benzene rings is 1. The molecular weight excluding hydrogens is 288 g/mol. The minimum absolute atomic E-state index is 0.0474. The highest BCUT2D eigenvalue weighted by molar-refractivity contribution is 6.17. The number of carbonyl (C=O) groups is 2. The predicted molar refractivity (Wildman–Crippen MR) is 84.2 cm³/mol. The summed E-state index contributed by atoms with van der Waals surface area (Å²) < 4.78 is 0. The Morgan fingerprint density at radius 3 is 2.48 bits per heavy atom. The standard InChI is InChI=1S/C16H21ClN2O2/c17-10-2-1-3-15(20)18-11-12-4-8-14(9-5-12)19-16(21)13-6-7-13/h4-5,8-9,13H,1-3,6-7,10-11H2,(H,18,20)(H,19,21). The lowest BCUT2D eigenvalue weighted by atomic mass is 10.2. The number of carbonyl (C=O) groups excluding carboxylic acids is 2. The normalized spacial score (nSPS) is 13.8. The van der Waals surface area contributed by atoms with E-state index in [0.717, 1.165) is 36.9 Å². The van der Waals surface area contributed by atoms with E-state index in [1.807, 2.05) is 24.3 Å². The highest BCUT2D eigenvalue weighted by Crippen LogP contribution is 2.30. The molecule has 4 nitrogen and oxygen atoms in total. The Balaban J connectivity index is 1.71. The van der Waals surface area contributed by atoms with Crippen molar-refractivity contribution in [3.05, 3.63) is 29.8 Å². The fraction of sp³-hybridized carbons (Fsp3) is 0.500. The van der Waals surface area contributed by atoms with Crippen molar-refractivity contribution >= 4 is 29.1 Å². The van der Waals surface area contributed by atoms with E-state index < -0.39 is 0 Å². The van der Waals surface area contributed by atoms with Crippen molar-refractivity contribution < 1.29 is 9.59 Å². The van der Waals surface area contributed by atoms with Gasteiger partial charge < -0.3 is 10.6 Å². The van der Waals surface area contributed by atoms with Crippen LogP contribution >= 0.6 is 11.6 Å². The number of anilines is 1. The summed E-state index contributed by atoms with van der Waals surface area (Å²) in [6.45, 7) is 0.510. The Labute approximate surface area is 130 Å². The maximum atomic E-state index is 11.6. The zero-order valence-electron chi connectivity index (χ0n) is 12.0. The first kappa shape index (κ1) is 15.8. The van der Waals surface area contributed by atoms with E-state index in [1.165, 1.54) is 0 Å². The van der Waals surface area contributed by atoms with Crippen LogP contribution in [0.4, 0.5) is 5.69 Å². The van der Waals surface area contributed by atoms with Crippen LogP contribution in [0, 0.1) is 5.92 Å². The van der Waals surface area contributed by atoms with E-state index in [1.54, 1.807) is 0 Å². The van der Waals surface area contributed by atoms with Gasteiger partial charge in [0, 0.05) is 30.5 Å². The van der Waals surface area contributed by atoms with Gasteiger partial charge in [0.2, 0.25) is 11.8 Å². The summed E-state index contributed by atoms with van der Waals surface area (Å²) in [5, 5.41) is 5.77. The van der Waals surface area contributed by atoms with Gasteiger partial charge >= 0.3 is 0 Å². The van der Waals surface area contributed by atoms with Crippen molar-refractivity contribution in [3.8, 4) is 0 Å². The van der Waals surface area contributed by atoms with E-state index in [2.05, 4.69) is 10.6 Å². The second kappa shape index (κ2) is 8.03. The van der Waals surface area contributed by atoms with Gasteiger partial charge in [0.15, 0.2) is 0 Å². The molecule has 1 aromatic carbocycles. The number of nitrogens with one attached hydrogen (secondary N) is 2. The molecule has 0 bridgehead atoms. The third kappa shape index (κ3) is 5.76. The molecule has 0 unspecified atom stereocenters. The molecule has 2 rings (SSSR count). The quantitative estimate of drug-likeness (QED) is 0.573. The molecule has 0 radical (unpaired) electrons. The average molecular weight is 309 g/mol. The molecule has 21 heavy (non-hydrogen) atoms. The van der Waals surface area contributed by atoms with Crippen molar-refractivity contribution in [2.75, 3.05) is 11.2 Å². The van der Waals surface area contributed by atoms with E-state index in [4.69, 9.17) is 11.6 Å². The van der Waals surface area contributed by atoms with Gasteiger partial charge in [-0.1, -0.05) is 12.1 Å². The second-order valence-electron chi connectivity index (χ2n) is 5.38. The van der Waals surface area contributed by atoms with E-state index in [9.17, 15) is 9.59 Å². The summed E-state index contributed by atoms with van der Waals surface area (Å²) in [4.78, 5) is 23.2. The van der Waals surface area contributed by atoms with Crippen LogP contribution < -0.4 is 10.6 Å². The van der Waals surface area contributed by atoms with Gasteiger partial charge in [-0.2, -0.15) is 0 Å². The summed E-state index contributed by atoms with van der Waals surface area (Å²) in [6.07, 6.45) is 4.20. The van der Waals surface area contributed by atoms with Crippen LogP contribution in [0.1, 0.15) is 37.7 Å². The maximum Gasteiger partial charge on any atom is 0.227 e. The maximum absolute atomic E-state index is 11.6. The molecule has 0 aromatic heterocycles. The molecule has 1 aliphatic rings. The fourth-order valence-electron chi connectivity index (χ4n) is 1.96. The second-order valence-corrected chi connectivity index (χ2v) is 5.76. The molecule has 0 saturated heterocycles. The molecule has 1 aliphatic carbocycles. The monoisotopic (exact) mass is 308 g/mol. The van der Waals surface area contributed by atoms with E-state index in [-0.39, 0.29) is 17.7 Å². The average Bonchev–Trinajstić information content (AvgIpc) is 3.31. The zero-order valence-corrected chi connectivity index (χ0v) is 12.8. The molecule has 0 spiro atoms. The first-order valence-corrected chi connectivity index (χ1v) is 7.95. The van der Waals surface area contributed by atoms with Gasteiger partial charge in [-0.05, 0) is 43.4 Å². The highest BCUT2D eigenvalue weighted by atomic mass is 35.5. The van der Waals surface area contributed by atoms with Gasteiger partial charge in [0.05, 0.1) is 0 Å². The number of halogens is 1. The smallest absolute Gasteiger partial charge is 0.227 e. The minimum atomic E-state index is 0.0474. The molecule has 2 N–H and O–H groups in total. The Bertz CT molecular complexity index is 484. The zero-order chi connectivity index (χ0) is 15.1. The van der Waals surface area contributed by atoms with Gasteiger partial charge in [-0.3, -0.25) is 9.59 Å². The number of unbranched alkanes of at least 4 members (excludes halogenated alkanes) is 1. The SMILES string of the molecule is O=C(CCCCCl)NCc1ccc(NC(=O)C2CC2)cc1. The summed E-state index contributed by atoms with van der Waals surface area (Å²) in [7, 11) is 0.